The van der Waals surface area contributed by atoms with E-state index in [1.54, 1.807) is 6.20 Å². The maximum Gasteiger partial charge on any atom is 0.134 e. The van der Waals surface area contributed by atoms with Gasteiger partial charge in [-0.3, -0.25) is 0 Å². The highest BCUT2D eigenvalue weighted by atomic mass is 35.5. The Morgan fingerprint density at radius 2 is 1.71 bits per heavy atom. The van der Waals surface area contributed by atoms with Crippen LogP contribution in [-0.2, 0) is 6.42 Å². The largest absolute Gasteiger partial charge is 0.357 e. The minimum atomic E-state index is 0.738. The van der Waals surface area contributed by atoms with Crippen LogP contribution >= 0.6 is 11.6 Å². The summed E-state index contributed by atoms with van der Waals surface area (Å²) in [6, 6.07) is 18.4. The Balaban J connectivity index is 1.76. The lowest BCUT2D eigenvalue weighted by molar-refractivity contribution is 0.840. The second-order valence-electron chi connectivity index (χ2n) is 6.71. The van der Waals surface area contributed by atoms with Gasteiger partial charge in [0.05, 0.1) is 16.2 Å². The van der Waals surface area contributed by atoms with Crippen molar-refractivity contribution in [3.63, 3.8) is 0 Å². The van der Waals surface area contributed by atoms with Crippen LogP contribution in [0.2, 0.25) is 5.02 Å². The van der Waals surface area contributed by atoms with Gasteiger partial charge in [0.15, 0.2) is 0 Å². The summed E-state index contributed by atoms with van der Waals surface area (Å²) in [7, 11) is 0. The van der Waals surface area contributed by atoms with Gasteiger partial charge in [-0.1, -0.05) is 41.9 Å². The number of aromatic nitrogens is 3. The first-order valence-corrected chi connectivity index (χ1v) is 10.00. The number of halogens is 1. The van der Waals surface area contributed by atoms with E-state index in [2.05, 4.69) is 48.1 Å². The van der Waals surface area contributed by atoms with Crippen LogP contribution in [0.3, 0.4) is 0 Å². The number of pyridine rings is 1. The van der Waals surface area contributed by atoms with Gasteiger partial charge < -0.3 is 4.90 Å². The highest BCUT2D eigenvalue weighted by Crippen LogP contribution is 2.34. The van der Waals surface area contributed by atoms with Crippen molar-refractivity contribution in [2.45, 2.75) is 20.3 Å². The van der Waals surface area contributed by atoms with Crippen molar-refractivity contribution in [1.29, 1.82) is 0 Å². The lowest BCUT2D eigenvalue weighted by Crippen LogP contribution is -2.24. The van der Waals surface area contributed by atoms with E-state index in [-0.39, 0.29) is 0 Å². The average Bonchev–Trinajstić information content (AvgIpc) is 3.27. The standard InChI is InChI=1S/C23H23ClN4/c1-3-27(4-2)23-20(22(24)19-8-5-6-9-21(19)26-23)16-17-10-12-18(13-11-17)28-15-7-14-25-28/h5-15H,3-4,16H2,1-2H3. The summed E-state index contributed by atoms with van der Waals surface area (Å²) in [4.78, 5) is 7.23. The van der Waals surface area contributed by atoms with E-state index in [0.29, 0.717) is 0 Å². The number of hydrogen-bond acceptors (Lipinski definition) is 3. The van der Waals surface area contributed by atoms with Crippen LogP contribution in [0.25, 0.3) is 16.6 Å². The molecular weight excluding hydrogens is 368 g/mol. The van der Waals surface area contributed by atoms with Crippen LogP contribution in [0.15, 0.2) is 67.0 Å². The molecule has 0 fully saturated rings. The molecule has 0 saturated carbocycles. The molecule has 0 aliphatic rings. The third-order valence-electron chi connectivity index (χ3n) is 5.05. The molecule has 2 heterocycles. The van der Waals surface area contributed by atoms with E-state index in [9.17, 15) is 0 Å². The van der Waals surface area contributed by atoms with Crippen LogP contribution in [0.1, 0.15) is 25.0 Å². The van der Waals surface area contributed by atoms with Crippen molar-refractivity contribution in [3.8, 4) is 5.69 Å². The van der Waals surface area contributed by atoms with Gasteiger partial charge in [-0.2, -0.15) is 5.10 Å². The van der Waals surface area contributed by atoms with Gasteiger partial charge >= 0.3 is 0 Å². The molecule has 0 unspecified atom stereocenters. The molecule has 5 heteroatoms. The Morgan fingerprint density at radius 3 is 2.39 bits per heavy atom. The molecule has 4 nitrogen and oxygen atoms in total. The van der Waals surface area contributed by atoms with Crippen LogP contribution in [0.5, 0.6) is 0 Å². The fourth-order valence-electron chi connectivity index (χ4n) is 3.53. The highest BCUT2D eigenvalue weighted by Gasteiger charge is 2.17. The Morgan fingerprint density at radius 1 is 0.964 bits per heavy atom. The molecule has 2 aromatic carbocycles. The summed E-state index contributed by atoms with van der Waals surface area (Å²) in [6.45, 7) is 6.08. The number of rotatable bonds is 6. The fourth-order valence-corrected chi connectivity index (χ4v) is 3.84. The number of fused-ring (bicyclic) bond motifs is 1. The second-order valence-corrected chi connectivity index (χ2v) is 7.09. The molecule has 4 rings (SSSR count). The number of anilines is 1. The normalized spacial score (nSPS) is 11.1. The van der Waals surface area contributed by atoms with E-state index in [1.807, 2.05) is 41.2 Å². The Bertz CT molecular complexity index is 1070. The first kappa shape index (κ1) is 18.5. The molecule has 0 aliphatic carbocycles. The van der Waals surface area contributed by atoms with Crippen molar-refractivity contribution in [3.05, 3.63) is 83.1 Å². The maximum absolute atomic E-state index is 6.89. The van der Waals surface area contributed by atoms with E-state index < -0.39 is 0 Å². The zero-order valence-electron chi connectivity index (χ0n) is 16.1. The second kappa shape index (κ2) is 8.03. The minimum Gasteiger partial charge on any atom is -0.357 e. The zero-order chi connectivity index (χ0) is 19.5. The Kier molecular flexibility index (Phi) is 5.31. The topological polar surface area (TPSA) is 34.0 Å². The monoisotopic (exact) mass is 390 g/mol. The van der Waals surface area contributed by atoms with Gasteiger partial charge in [-0.25, -0.2) is 9.67 Å². The highest BCUT2D eigenvalue weighted by molar-refractivity contribution is 6.36. The molecule has 142 valence electrons. The minimum absolute atomic E-state index is 0.738. The van der Waals surface area contributed by atoms with Gasteiger partial charge in [0.2, 0.25) is 0 Å². The Labute approximate surface area is 170 Å². The molecular formula is C23H23ClN4. The molecule has 0 atom stereocenters. The first-order valence-electron chi connectivity index (χ1n) is 9.62. The lowest BCUT2D eigenvalue weighted by Gasteiger charge is -2.24. The molecule has 0 bridgehead atoms. The van der Waals surface area contributed by atoms with Gasteiger partial charge in [0.1, 0.15) is 5.82 Å². The van der Waals surface area contributed by atoms with Crippen molar-refractivity contribution < 1.29 is 0 Å². The zero-order valence-corrected chi connectivity index (χ0v) is 16.9. The summed E-state index contributed by atoms with van der Waals surface area (Å²) in [6.07, 6.45) is 4.46. The van der Waals surface area contributed by atoms with Crippen LogP contribution in [0.4, 0.5) is 5.82 Å². The van der Waals surface area contributed by atoms with Gasteiger partial charge in [-0.15, -0.1) is 0 Å². The van der Waals surface area contributed by atoms with E-state index >= 15 is 0 Å². The summed E-state index contributed by atoms with van der Waals surface area (Å²) in [5.74, 6) is 0.977. The van der Waals surface area contributed by atoms with Gasteiger partial charge in [0, 0.05) is 42.9 Å². The number of hydrogen-bond donors (Lipinski definition) is 0. The van der Waals surface area contributed by atoms with Crippen LogP contribution in [0, 0.1) is 0 Å². The molecule has 28 heavy (non-hydrogen) atoms. The Hall–Kier alpha value is -2.85. The summed E-state index contributed by atoms with van der Waals surface area (Å²) < 4.78 is 1.86. The SMILES string of the molecule is CCN(CC)c1nc2ccccc2c(Cl)c1Cc1ccc(-n2cccn2)cc1. The predicted octanol–water partition coefficient (Wildman–Crippen LogP) is 5.51. The number of nitrogens with zero attached hydrogens (tertiary/aromatic N) is 4. The molecule has 0 amide bonds. The average molecular weight is 391 g/mol. The number of para-hydroxylation sites is 1. The lowest BCUT2D eigenvalue weighted by atomic mass is 10.0. The first-order chi connectivity index (χ1) is 13.7. The third-order valence-corrected chi connectivity index (χ3v) is 5.48. The van der Waals surface area contributed by atoms with E-state index in [1.165, 1.54) is 5.56 Å². The van der Waals surface area contributed by atoms with E-state index in [0.717, 1.165) is 52.5 Å². The van der Waals surface area contributed by atoms with Gasteiger partial charge in [-0.05, 0) is 43.7 Å². The summed E-state index contributed by atoms with van der Waals surface area (Å²) in [5.41, 5.74) is 4.26. The van der Waals surface area contributed by atoms with Gasteiger partial charge in [0.25, 0.3) is 0 Å². The molecule has 2 aromatic heterocycles. The van der Waals surface area contributed by atoms with Crippen molar-refractivity contribution in [2.24, 2.45) is 0 Å². The molecule has 0 saturated heterocycles. The smallest absolute Gasteiger partial charge is 0.134 e. The molecule has 4 aromatic rings. The van der Waals surface area contributed by atoms with Crippen molar-refractivity contribution in [1.82, 2.24) is 14.8 Å². The molecule has 0 spiro atoms. The summed E-state index contributed by atoms with van der Waals surface area (Å²) >= 11 is 6.89. The van der Waals surface area contributed by atoms with Crippen LogP contribution < -0.4 is 4.90 Å². The summed E-state index contributed by atoms with van der Waals surface area (Å²) in [5, 5.41) is 6.08. The van der Waals surface area contributed by atoms with Crippen LogP contribution in [-0.4, -0.2) is 27.9 Å². The maximum atomic E-state index is 6.89. The molecule has 0 N–H and O–H groups in total. The van der Waals surface area contributed by atoms with Crippen molar-refractivity contribution in [2.75, 3.05) is 18.0 Å². The van der Waals surface area contributed by atoms with Crippen molar-refractivity contribution >= 4 is 28.3 Å². The van der Waals surface area contributed by atoms with E-state index in [4.69, 9.17) is 16.6 Å². The number of benzene rings is 2. The predicted molar refractivity (Wildman–Crippen MR) is 117 cm³/mol. The molecule has 0 aliphatic heterocycles. The fraction of sp³-hybridized carbons (Fsp3) is 0.217. The third kappa shape index (κ3) is 3.48. The quantitative estimate of drug-likeness (QED) is 0.435. The molecule has 0 radical (unpaired) electrons.